The van der Waals surface area contributed by atoms with E-state index in [1.54, 1.807) is 0 Å². The molecule has 0 aliphatic carbocycles. The number of hydrogen-bond donors (Lipinski definition) is 0. The first kappa shape index (κ1) is 24.8. The fourth-order valence-electron chi connectivity index (χ4n) is 4.96. The van der Waals surface area contributed by atoms with Gasteiger partial charge in [0.15, 0.2) is 5.79 Å². The maximum atomic E-state index is 6.34. The maximum Gasteiger partial charge on any atom is 0.175 e. The van der Waals surface area contributed by atoms with E-state index >= 15 is 0 Å². The van der Waals surface area contributed by atoms with Crippen molar-refractivity contribution in [2.45, 2.75) is 18.6 Å². The summed E-state index contributed by atoms with van der Waals surface area (Å²) in [4.78, 5) is 0. The summed E-state index contributed by atoms with van der Waals surface area (Å²) in [5.74, 6) is -0.578. The molecule has 0 unspecified atom stereocenters. The van der Waals surface area contributed by atoms with Crippen LogP contribution in [0.4, 0.5) is 0 Å². The molecule has 1 aliphatic rings. The van der Waals surface area contributed by atoms with Crippen LogP contribution >= 0.6 is 7.26 Å². The normalized spacial score (nSPS) is 14.9. The number of halogens is 1. The minimum atomic E-state index is -1.91. The van der Waals surface area contributed by atoms with Crippen molar-refractivity contribution in [2.24, 2.45) is 0 Å². The van der Waals surface area contributed by atoms with Gasteiger partial charge in [-0.15, -0.1) is 0 Å². The van der Waals surface area contributed by atoms with Gasteiger partial charge in [0.25, 0.3) is 0 Å². The zero-order valence-electron chi connectivity index (χ0n) is 19.2. The zero-order chi connectivity index (χ0) is 22.4. The summed E-state index contributed by atoms with van der Waals surface area (Å²) in [7, 11) is -1.91. The quantitative estimate of drug-likeness (QED) is 0.324. The smallest absolute Gasteiger partial charge is 0.175 e. The van der Waals surface area contributed by atoms with E-state index in [0.29, 0.717) is 13.2 Å². The van der Waals surface area contributed by atoms with Crippen molar-refractivity contribution >= 4 is 23.2 Å². The average molecular weight is 533 g/mol. The largest absolute Gasteiger partial charge is 1.00 e. The van der Waals surface area contributed by atoms with Crippen molar-refractivity contribution in [3.8, 4) is 0 Å². The third-order valence-corrected chi connectivity index (χ3v) is 11.0. The molecule has 4 aromatic carbocycles. The summed E-state index contributed by atoms with van der Waals surface area (Å²) in [6, 6.07) is 43.7. The lowest BCUT2D eigenvalue weighted by Crippen LogP contribution is -3.00. The van der Waals surface area contributed by atoms with Crippen LogP contribution in [0, 0.1) is 0 Å². The van der Waals surface area contributed by atoms with Gasteiger partial charge in [0.1, 0.15) is 23.2 Å². The van der Waals surface area contributed by atoms with Gasteiger partial charge in [-0.1, -0.05) is 84.9 Å². The monoisotopic (exact) mass is 532 g/mol. The van der Waals surface area contributed by atoms with E-state index in [0.717, 1.165) is 19.0 Å². The van der Waals surface area contributed by atoms with Gasteiger partial charge < -0.3 is 26.5 Å². The Labute approximate surface area is 214 Å². The Morgan fingerprint density at radius 1 is 0.559 bits per heavy atom. The molecule has 0 spiro atoms. The molecular formula is C30H30BrO2P. The minimum absolute atomic E-state index is 0. The summed E-state index contributed by atoms with van der Waals surface area (Å²) >= 11 is 0. The highest BCUT2D eigenvalue weighted by molar-refractivity contribution is 7.95. The summed E-state index contributed by atoms with van der Waals surface area (Å²) in [5, 5.41) is 4.20. The van der Waals surface area contributed by atoms with Gasteiger partial charge in [0.05, 0.1) is 19.4 Å². The summed E-state index contributed by atoms with van der Waals surface area (Å²) < 4.78 is 12.7. The Balaban J connectivity index is 0.00000274. The van der Waals surface area contributed by atoms with Crippen molar-refractivity contribution in [1.82, 2.24) is 0 Å². The molecule has 0 radical (unpaired) electrons. The second-order valence-electron chi connectivity index (χ2n) is 8.56. The molecule has 0 aromatic heterocycles. The molecule has 4 heteroatoms. The van der Waals surface area contributed by atoms with Crippen LogP contribution in [0.5, 0.6) is 0 Å². The molecule has 1 saturated heterocycles. The topological polar surface area (TPSA) is 18.5 Å². The Morgan fingerprint density at radius 3 is 1.35 bits per heavy atom. The molecule has 0 saturated carbocycles. The third kappa shape index (κ3) is 5.19. The van der Waals surface area contributed by atoms with Crippen LogP contribution < -0.4 is 32.9 Å². The molecule has 34 heavy (non-hydrogen) atoms. The first-order valence-electron chi connectivity index (χ1n) is 11.7. The van der Waals surface area contributed by atoms with E-state index in [2.05, 4.69) is 121 Å². The highest BCUT2D eigenvalue weighted by Gasteiger charge is 2.48. The molecule has 4 aromatic rings. The van der Waals surface area contributed by atoms with Gasteiger partial charge >= 0.3 is 0 Å². The molecule has 5 rings (SSSR count). The van der Waals surface area contributed by atoms with Gasteiger partial charge in [-0.05, 0) is 42.0 Å². The molecule has 1 aliphatic heterocycles. The molecule has 0 atom stereocenters. The zero-order valence-corrected chi connectivity index (χ0v) is 21.7. The van der Waals surface area contributed by atoms with Gasteiger partial charge in [-0.25, -0.2) is 0 Å². The van der Waals surface area contributed by atoms with Crippen LogP contribution in [-0.2, 0) is 15.9 Å². The summed E-state index contributed by atoms with van der Waals surface area (Å²) in [5.41, 5.74) is 1.25. The molecule has 1 fully saturated rings. The maximum absolute atomic E-state index is 6.34. The fourth-order valence-corrected chi connectivity index (χ4v) is 9.35. The van der Waals surface area contributed by atoms with E-state index in [-0.39, 0.29) is 17.0 Å². The second-order valence-corrected chi connectivity index (χ2v) is 12.2. The fraction of sp³-hybridized carbons (Fsp3) is 0.200. The summed E-state index contributed by atoms with van der Waals surface area (Å²) in [6.45, 7) is 1.31. The third-order valence-electron chi connectivity index (χ3n) is 6.55. The second kappa shape index (κ2) is 11.4. The van der Waals surface area contributed by atoms with E-state index in [1.165, 1.54) is 21.5 Å². The van der Waals surface area contributed by atoms with E-state index < -0.39 is 13.0 Å². The molecule has 2 nitrogen and oxygen atoms in total. The molecule has 174 valence electrons. The van der Waals surface area contributed by atoms with Gasteiger partial charge in [-0.3, -0.25) is 0 Å². The summed E-state index contributed by atoms with van der Waals surface area (Å²) in [6.07, 6.45) is 2.60. The van der Waals surface area contributed by atoms with E-state index in [9.17, 15) is 0 Å². The van der Waals surface area contributed by atoms with Crippen molar-refractivity contribution < 1.29 is 26.5 Å². The number of ether oxygens (including phenoxy) is 2. The Kier molecular flexibility index (Phi) is 8.34. The number of benzene rings is 4. The first-order valence-corrected chi connectivity index (χ1v) is 13.7. The SMILES string of the molecule is [Br-].c1ccc(CC2(CC[P+](c3ccccc3)(c3ccccc3)c3ccccc3)OCCO2)cc1. The molecular weight excluding hydrogens is 503 g/mol. The van der Waals surface area contributed by atoms with Gasteiger partial charge in [-0.2, -0.15) is 0 Å². The van der Waals surface area contributed by atoms with Crippen LogP contribution in [0.25, 0.3) is 0 Å². The highest BCUT2D eigenvalue weighted by atomic mass is 79.9. The van der Waals surface area contributed by atoms with Crippen molar-refractivity contribution in [3.63, 3.8) is 0 Å². The van der Waals surface area contributed by atoms with Crippen LogP contribution in [0.1, 0.15) is 12.0 Å². The number of hydrogen-bond acceptors (Lipinski definition) is 2. The predicted octanol–water partition coefficient (Wildman–Crippen LogP) is 2.36. The van der Waals surface area contributed by atoms with Crippen LogP contribution in [0.15, 0.2) is 121 Å². The number of rotatable bonds is 8. The van der Waals surface area contributed by atoms with Crippen LogP contribution in [0.2, 0.25) is 0 Å². The molecule has 0 bridgehead atoms. The Hall–Kier alpha value is -2.29. The van der Waals surface area contributed by atoms with Crippen LogP contribution in [0.3, 0.4) is 0 Å². The van der Waals surface area contributed by atoms with Gasteiger partial charge in [0.2, 0.25) is 0 Å². The lowest BCUT2D eigenvalue weighted by Gasteiger charge is -2.33. The van der Waals surface area contributed by atoms with E-state index in [1.807, 2.05) is 0 Å². The molecule has 0 N–H and O–H groups in total. The van der Waals surface area contributed by atoms with Crippen molar-refractivity contribution in [2.75, 3.05) is 19.4 Å². The van der Waals surface area contributed by atoms with Crippen molar-refractivity contribution in [3.05, 3.63) is 127 Å². The van der Waals surface area contributed by atoms with Crippen LogP contribution in [-0.4, -0.2) is 25.2 Å². The Morgan fingerprint density at radius 2 is 0.941 bits per heavy atom. The van der Waals surface area contributed by atoms with Crippen molar-refractivity contribution in [1.29, 1.82) is 0 Å². The lowest BCUT2D eigenvalue weighted by atomic mass is 10.0. The lowest BCUT2D eigenvalue weighted by molar-refractivity contribution is -0.157. The first-order chi connectivity index (χ1) is 16.3. The van der Waals surface area contributed by atoms with Gasteiger partial charge in [0, 0.05) is 12.8 Å². The standard InChI is InChI=1S/C30H30O2P.BrH/c1-5-13-26(14-6-1)25-30(31-22-23-32-30)21-24-33(27-15-7-2-8-16-27,28-17-9-3-10-18-28)29-19-11-4-12-20-29;/h1-20H,21-25H2;1H/q+1;/p-1. The highest BCUT2D eigenvalue weighted by Crippen LogP contribution is 2.57. The molecule has 0 amide bonds. The predicted molar refractivity (Wildman–Crippen MR) is 139 cm³/mol. The minimum Gasteiger partial charge on any atom is -1.00 e. The van der Waals surface area contributed by atoms with E-state index in [4.69, 9.17) is 9.47 Å². The Bertz CT molecular complexity index is 1030. The average Bonchev–Trinajstić information content (AvgIpc) is 3.35. The molecule has 1 heterocycles.